The third-order valence-corrected chi connectivity index (χ3v) is 5.43. The SMILES string of the molecule is Cc1ccccc1-c1noc(C(C)S(=O)Cc2nc(C)c(C)o2)n1. The van der Waals surface area contributed by atoms with E-state index in [0.717, 1.165) is 22.6 Å². The van der Waals surface area contributed by atoms with Gasteiger partial charge >= 0.3 is 0 Å². The predicted octanol–water partition coefficient (Wildman–Crippen LogP) is 3.66. The summed E-state index contributed by atoms with van der Waals surface area (Å²) in [5.41, 5.74) is 2.78. The molecule has 126 valence electrons. The highest BCUT2D eigenvalue weighted by Crippen LogP contribution is 2.25. The predicted molar refractivity (Wildman–Crippen MR) is 90.7 cm³/mol. The van der Waals surface area contributed by atoms with Crippen LogP contribution in [0.3, 0.4) is 0 Å². The topological polar surface area (TPSA) is 82.0 Å². The second kappa shape index (κ2) is 6.68. The minimum Gasteiger partial charge on any atom is -0.445 e. The fourth-order valence-corrected chi connectivity index (χ4v) is 3.23. The number of benzene rings is 1. The molecule has 2 atom stereocenters. The van der Waals surface area contributed by atoms with E-state index in [1.807, 2.05) is 45.0 Å². The Morgan fingerprint density at radius 1 is 1.17 bits per heavy atom. The Labute approximate surface area is 142 Å². The van der Waals surface area contributed by atoms with Crippen molar-refractivity contribution in [3.05, 3.63) is 53.1 Å². The number of nitrogens with zero attached hydrogens (tertiary/aromatic N) is 3. The number of aromatic nitrogens is 3. The molecule has 0 bridgehead atoms. The minimum atomic E-state index is -1.26. The average molecular weight is 345 g/mol. The molecule has 0 fully saturated rings. The molecular weight excluding hydrogens is 326 g/mol. The summed E-state index contributed by atoms with van der Waals surface area (Å²) in [7, 11) is -1.26. The van der Waals surface area contributed by atoms with E-state index in [0.29, 0.717) is 17.6 Å². The Bertz CT molecular complexity index is 865. The molecule has 0 radical (unpaired) electrons. The molecule has 0 saturated carbocycles. The van der Waals surface area contributed by atoms with Crippen molar-refractivity contribution in [2.75, 3.05) is 0 Å². The van der Waals surface area contributed by atoms with Crippen LogP contribution in [0.1, 0.15) is 41.0 Å². The third-order valence-electron chi connectivity index (χ3n) is 3.91. The van der Waals surface area contributed by atoms with Crippen LogP contribution in [0.5, 0.6) is 0 Å². The molecule has 0 aliphatic carbocycles. The largest absolute Gasteiger partial charge is 0.445 e. The van der Waals surface area contributed by atoms with Gasteiger partial charge in [0.15, 0.2) is 0 Å². The van der Waals surface area contributed by atoms with Gasteiger partial charge in [0.25, 0.3) is 0 Å². The Hall–Kier alpha value is -2.28. The third kappa shape index (κ3) is 3.31. The van der Waals surface area contributed by atoms with Crippen LogP contribution in [0.4, 0.5) is 0 Å². The smallest absolute Gasteiger partial charge is 0.242 e. The lowest BCUT2D eigenvalue weighted by Gasteiger charge is -2.04. The molecule has 2 unspecified atom stereocenters. The Kier molecular flexibility index (Phi) is 4.62. The highest BCUT2D eigenvalue weighted by molar-refractivity contribution is 7.84. The Morgan fingerprint density at radius 3 is 2.58 bits per heavy atom. The average Bonchev–Trinajstić information content (AvgIpc) is 3.14. The summed E-state index contributed by atoms with van der Waals surface area (Å²) in [5, 5.41) is 3.62. The van der Waals surface area contributed by atoms with E-state index < -0.39 is 16.0 Å². The zero-order valence-corrected chi connectivity index (χ0v) is 14.9. The number of hydrogen-bond donors (Lipinski definition) is 0. The van der Waals surface area contributed by atoms with Gasteiger partial charge in [-0.25, -0.2) is 4.98 Å². The zero-order chi connectivity index (χ0) is 17.3. The van der Waals surface area contributed by atoms with Gasteiger partial charge in [0.1, 0.15) is 16.8 Å². The van der Waals surface area contributed by atoms with Crippen molar-refractivity contribution in [1.29, 1.82) is 0 Å². The van der Waals surface area contributed by atoms with Crippen LogP contribution in [-0.2, 0) is 16.6 Å². The molecular formula is C17H19N3O3S. The maximum atomic E-state index is 12.5. The molecule has 0 amide bonds. The zero-order valence-electron chi connectivity index (χ0n) is 14.1. The van der Waals surface area contributed by atoms with Crippen LogP contribution in [0.25, 0.3) is 11.4 Å². The highest BCUT2D eigenvalue weighted by atomic mass is 32.2. The van der Waals surface area contributed by atoms with E-state index in [1.165, 1.54) is 0 Å². The Morgan fingerprint density at radius 2 is 1.92 bits per heavy atom. The van der Waals surface area contributed by atoms with E-state index in [9.17, 15) is 4.21 Å². The first kappa shape index (κ1) is 16.6. The summed E-state index contributed by atoms with van der Waals surface area (Å²) in [4.78, 5) is 8.67. The molecule has 7 heteroatoms. The summed E-state index contributed by atoms with van der Waals surface area (Å²) < 4.78 is 23.3. The monoisotopic (exact) mass is 345 g/mol. The first-order chi connectivity index (χ1) is 11.5. The molecule has 0 saturated heterocycles. The van der Waals surface area contributed by atoms with Gasteiger partial charge in [0, 0.05) is 16.4 Å². The van der Waals surface area contributed by atoms with Crippen molar-refractivity contribution in [2.45, 2.75) is 38.7 Å². The van der Waals surface area contributed by atoms with Gasteiger partial charge in [-0.15, -0.1) is 0 Å². The van der Waals surface area contributed by atoms with Crippen molar-refractivity contribution in [2.24, 2.45) is 0 Å². The molecule has 24 heavy (non-hydrogen) atoms. The van der Waals surface area contributed by atoms with Crippen molar-refractivity contribution in [1.82, 2.24) is 15.1 Å². The van der Waals surface area contributed by atoms with Crippen LogP contribution in [0.2, 0.25) is 0 Å². The lowest BCUT2D eigenvalue weighted by Crippen LogP contribution is -2.06. The number of oxazole rings is 1. The molecule has 0 aliphatic heterocycles. The van der Waals surface area contributed by atoms with Gasteiger partial charge in [-0.1, -0.05) is 29.4 Å². The maximum Gasteiger partial charge on any atom is 0.242 e. The highest BCUT2D eigenvalue weighted by Gasteiger charge is 2.23. The fraction of sp³-hybridized carbons (Fsp3) is 0.353. The second-order valence-electron chi connectivity index (χ2n) is 5.69. The minimum absolute atomic E-state index is 0.220. The van der Waals surface area contributed by atoms with E-state index >= 15 is 0 Å². The van der Waals surface area contributed by atoms with Gasteiger partial charge in [-0.05, 0) is 33.3 Å². The molecule has 0 aliphatic rings. The normalized spacial score (nSPS) is 13.8. The standard InChI is InChI=1S/C17H19N3O3S/c1-10-7-5-6-8-14(10)16-19-17(23-20-16)13(4)24(21)9-15-18-11(2)12(3)22-15/h5-8,13H,9H2,1-4H3. The van der Waals surface area contributed by atoms with Crippen molar-refractivity contribution >= 4 is 10.8 Å². The number of aryl methyl sites for hydroxylation is 3. The van der Waals surface area contributed by atoms with Crippen molar-refractivity contribution < 1.29 is 13.1 Å². The summed E-state index contributed by atoms with van der Waals surface area (Å²) >= 11 is 0. The summed E-state index contributed by atoms with van der Waals surface area (Å²) in [6.07, 6.45) is 0. The first-order valence-corrected chi connectivity index (χ1v) is 9.03. The lowest BCUT2D eigenvalue weighted by atomic mass is 10.1. The van der Waals surface area contributed by atoms with Crippen LogP contribution >= 0.6 is 0 Å². The van der Waals surface area contributed by atoms with E-state index in [4.69, 9.17) is 8.94 Å². The molecule has 3 rings (SSSR count). The second-order valence-corrected chi connectivity index (χ2v) is 7.44. The molecule has 2 heterocycles. The molecule has 0 N–H and O–H groups in total. The van der Waals surface area contributed by atoms with Crippen LogP contribution in [0.15, 0.2) is 33.2 Å². The maximum absolute atomic E-state index is 12.5. The summed E-state index contributed by atoms with van der Waals surface area (Å²) in [6.45, 7) is 7.49. The molecule has 1 aromatic carbocycles. The Balaban J connectivity index is 1.77. The summed E-state index contributed by atoms with van der Waals surface area (Å²) in [6, 6.07) is 7.80. The van der Waals surface area contributed by atoms with Gasteiger partial charge in [0.05, 0.1) is 5.69 Å². The quantitative estimate of drug-likeness (QED) is 0.702. The van der Waals surface area contributed by atoms with Crippen LogP contribution in [0, 0.1) is 20.8 Å². The van der Waals surface area contributed by atoms with Gasteiger partial charge in [-0.2, -0.15) is 4.98 Å². The van der Waals surface area contributed by atoms with Gasteiger partial charge in [0.2, 0.25) is 17.6 Å². The number of rotatable bonds is 5. The van der Waals surface area contributed by atoms with Crippen LogP contribution < -0.4 is 0 Å². The van der Waals surface area contributed by atoms with E-state index in [2.05, 4.69) is 15.1 Å². The van der Waals surface area contributed by atoms with E-state index in [1.54, 1.807) is 6.92 Å². The molecule has 2 aromatic heterocycles. The first-order valence-electron chi connectivity index (χ1n) is 7.65. The summed E-state index contributed by atoms with van der Waals surface area (Å²) in [5.74, 6) is 2.29. The molecule has 0 spiro atoms. The lowest BCUT2D eigenvalue weighted by molar-refractivity contribution is 0.379. The van der Waals surface area contributed by atoms with E-state index in [-0.39, 0.29) is 5.75 Å². The number of hydrogen-bond acceptors (Lipinski definition) is 6. The van der Waals surface area contributed by atoms with Gasteiger partial charge in [-0.3, -0.25) is 4.21 Å². The van der Waals surface area contributed by atoms with Gasteiger partial charge < -0.3 is 8.94 Å². The van der Waals surface area contributed by atoms with Crippen molar-refractivity contribution in [3.63, 3.8) is 0 Å². The fourth-order valence-electron chi connectivity index (χ4n) is 2.29. The molecule has 6 nitrogen and oxygen atoms in total. The van der Waals surface area contributed by atoms with Crippen LogP contribution in [-0.4, -0.2) is 19.3 Å². The van der Waals surface area contributed by atoms with Crippen molar-refractivity contribution in [3.8, 4) is 11.4 Å². The molecule has 3 aromatic rings.